The number of allylic oxidation sites excluding steroid dienone is 8. The number of amidine groups is 1. The Hall–Kier alpha value is -7.79. The average molecular weight is 737 g/mol. The lowest BCUT2D eigenvalue weighted by atomic mass is 9.73. The van der Waals surface area contributed by atoms with E-state index in [1.807, 2.05) is 42.5 Å². The highest BCUT2D eigenvalue weighted by Gasteiger charge is 2.41. The number of hydrogen-bond acceptors (Lipinski definition) is 4. The van der Waals surface area contributed by atoms with Crippen molar-refractivity contribution in [3.05, 3.63) is 220 Å². The Labute approximate surface area is 336 Å². The van der Waals surface area contributed by atoms with Gasteiger partial charge in [-0.15, -0.1) is 0 Å². The Morgan fingerprint density at radius 2 is 1.29 bits per heavy atom. The molecule has 0 saturated heterocycles. The molecule has 0 radical (unpaired) electrons. The van der Waals surface area contributed by atoms with E-state index >= 15 is 0 Å². The minimum Gasteiger partial charge on any atom is -0.359 e. The Morgan fingerprint density at radius 3 is 2.14 bits per heavy atom. The lowest BCUT2D eigenvalue weighted by Crippen LogP contribution is -2.33. The quantitative estimate of drug-likeness (QED) is 0.196. The van der Waals surface area contributed by atoms with Gasteiger partial charge in [0.2, 0.25) is 0 Å². The van der Waals surface area contributed by atoms with E-state index in [4.69, 9.17) is 4.99 Å². The zero-order valence-electron chi connectivity index (χ0n) is 31.2. The van der Waals surface area contributed by atoms with Gasteiger partial charge < -0.3 is 5.32 Å². The summed E-state index contributed by atoms with van der Waals surface area (Å²) in [7, 11) is 0. The van der Waals surface area contributed by atoms with Gasteiger partial charge >= 0.3 is 0 Å². The fraction of sp³-hybridized carbons (Fsp3) is 0.0556. The molecule has 0 aromatic heterocycles. The van der Waals surface area contributed by atoms with Crippen LogP contribution in [0.1, 0.15) is 56.5 Å². The molecule has 268 valence electrons. The summed E-state index contributed by atoms with van der Waals surface area (Å²) in [6.07, 6.45) is 11.5. The molecule has 0 saturated carbocycles. The van der Waals surface area contributed by atoms with Gasteiger partial charge in [0, 0.05) is 28.5 Å². The molecular weight excluding hydrogens is 705 g/mol. The molecular formula is C54H32N4. The molecule has 1 heterocycles. The molecule has 4 aliphatic carbocycles. The van der Waals surface area contributed by atoms with Crippen molar-refractivity contribution < 1.29 is 0 Å². The molecule has 5 aliphatic rings. The molecule has 12 rings (SSSR count). The van der Waals surface area contributed by atoms with Crippen LogP contribution in [-0.4, -0.2) is 5.84 Å². The second-order valence-corrected chi connectivity index (χ2v) is 15.7. The molecule has 3 unspecified atom stereocenters. The van der Waals surface area contributed by atoms with Gasteiger partial charge in [0.25, 0.3) is 0 Å². The van der Waals surface area contributed by atoms with Crippen LogP contribution < -0.4 is 5.32 Å². The summed E-state index contributed by atoms with van der Waals surface area (Å²) in [5, 5.41) is 26.2. The van der Waals surface area contributed by atoms with Crippen molar-refractivity contribution in [3.8, 4) is 45.5 Å². The Kier molecular flexibility index (Phi) is 6.91. The SMILES string of the molecule is N#Cc1cccc(C2=Nc3c(C4=C5C=CC=C6c7ccccc7C(C=C4)C65)cc(-c4ccc5c6c(cccc46)-c4ccccc4-5)cc3C(c3cccc(C#N)c3)N2)c1. The van der Waals surface area contributed by atoms with Crippen molar-refractivity contribution in [2.45, 2.75) is 12.0 Å². The van der Waals surface area contributed by atoms with Crippen molar-refractivity contribution in [1.29, 1.82) is 10.5 Å². The van der Waals surface area contributed by atoms with Crippen molar-refractivity contribution in [2.75, 3.05) is 0 Å². The Morgan fingerprint density at radius 1 is 0.569 bits per heavy atom. The number of nitrogens with zero attached hydrogens (tertiary/aromatic N) is 3. The lowest BCUT2D eigenvalue weighted by molar-refractivity contribution is 0.724. The fourth-order valence-corrected chi connectivity index (χ4v) is 10.2. The molecule has 0 fully saturated rings. The molecule has 0 spiro atoms. The molecule has 1 N–H and O–H groups in total. The van der Waals surface area contributed by atoms with Gasteiger partial charge in [-0.25, -0.2) is 4.99 Å². The van der Waals surface area contributed by atoms with Crippen molar-refractivity contribution >= 4 is 33.4 Å². The van der Waals surface area contributed by atoms with Gasteiger partial charge in [-0.05, 0) is 114 Å². The summed E-state index contributed by atoms with van der Waals surface area (Å²) in [6, 6.07) is 53.3. The standard InChI is InChI=1S/C54H32N4/c55-29-31-9-5-11-33(25-31)52-49-28-35(36-21-23-46-39-15-3-1-13-37(39)43-18-7-17-42(36)50(43)46)27-48(53(49)58-54(57-52)34-12-6-10-32(26-34)30-56)41-22-24-47-40-16-4-2-14-38(40)44-19-8-20-45(41)51(44)47/h1-28,47,51-52H,(H,57,58). The molecule has 4 heteroatoms. The summed E-state index contributed by atoms with van der Waals surface area (Å²) in [5.74, 6) is 1.15. The third-order valence-electron chi connectivity index (χ3n) is 12.7. The van der Waals surface area contributed by atoms with Gasteiger partial charge in [0.05, 0.1) is 35.0 Å². The zero-order chi connectivity index (χ0) is 38.5. The maximum atomic E-state index is 10.0. The molecule has 4 nitrogen and oxygen atoms in total. The van der Waals surface area contributed by atoms with Crippen molar-refractivity contribution in [2.24, 2.45) is 10.9 Å². The second kappa shape index (κ2) is 12.4. The maximum absolute atomic E-state index is 10.0. The maximum Gasteiger partial charge on any atom is 0.134 e. The predicted molar refractivity (Wildman–Crippen MR) is 233 cm³/mol. The highest BCUT2D eigenvalue weighted by atomic mass is 15.1. The molecule has 7 aromatic carbocycles. The van der Waals surface area contributed by atoms with Gasteiger partial charge in [-0.3, -0.25) is 0 Å². The molecule has 58 heavy (non-hydrogen) atoms. The molecule has 0 bridgehead atoms. The van der Waals surface area contributed by atoms with Crippen LogP contribution in [0.5, 0.6) is 0 Å². The number of hydrogen-bond donors (Lipinski definition) is 1. The van der Waals surface area contributed by atoms with Crippen LogP contribution in [0.15, 0.2) is 180 Å². The van der Waals surface area contributed by atoms with E-state index in [0.29, 0.717) is 17.0 Å². The summed E-state index contributed by atoms with van der Waals surface area (Å²) in [5.41, 5.74) is 19.8. The predicted octanol–water partition coefficient (Wildman–Crippen LogP) is 12.4. The zero-order valence-corrected chi connectivity index (χ0v) is 31.2. The van der Waals surface area contributed by atoms with E-state index in [1.165, 1.54) is 55.3 Å². The topological polar surface area (TPSA) is 72.0 Å². The van der Waals surface area contributed by atoms with Crippen LogP contribution in [0, 0.1) is 28.6 Å². The second-order valence-electron chi connectivity index (χ2n) is 15.7. The van der Waals surface area contributed by atoms with Gasteiger partial charge in [-0.2, -0.15) is 10.5 Å². The minimum atomic E-state index is -0.333. The molecule has 1 aliphatic heterocycles. The minimum absolute atomic E-state index is 0.206. The third kappa shape index (κ3) is 4.64. The van der Waals surface area contributed by atoms with E-state index < -0.39 is 0 Å². The highest BCUT2D eigenvalue weighted by Crippen LogP contribution is 2.57. The van der Waals surface area contributed by atoms with Crippen LogP contribution in [0.4, 0.5) is 5.69 Å². The van der Waals surface area contributed by atoms with Gasteiger partial charge in [0.1, 0.15) is 5.84 Å². The van der Waals surface area contributed by atoms with E-state index in [1.54, 1.807) is 0 Å². The van der Waals surface area contributed by atoms with Crippen LogP contribution in [0.2, 0.25) is 0 Å². The number of nitriles is 2. The summed E-state index contributed by atoms with van der Waals surface area (Å²) >= 11 is 0. The number of aliphatic imine (C=N–C) groups is 1. The Bertz CT molecular complexity index is 3220. The highest BCUT2D eigenvalue weighted by molar-refractivity contribution is 6.19. The first-order valence-electron chi connectivity index (χ1n) is 19.8. The van der Waals surface area contributed by atoms with Crippen molar-refractivity contribution in [3.63, 3.8) is 0 Å². The fourth-order valence-electron chi connectivity index (χ4n) is 10.2. The molecule has 7 aromatic rings. The van der Waals surface area contributed by atoms with Crippen LogP contribution in [0.3, 0.4) is 0 Å². The van der Waals surface area contributed by atoms with Gasteiger partial charge in [0.15, 0.2) is 0 Å². The normalized spacial score (nSPS) is 18.6. The smallest absolute Gasteiger partial charge is 0.134 e. The van der Waals surface area contributed by atoms with Crippen LogP contribution in [-0.2, 0) is 0 Å². The van der Waals surface area contributed by atoms with Crippen LogP contribution in [0.25, 0.3) is 55.3 Å². The van der Waals surface area contributed by atoms with E-state index in [9.17, 15) is 10.5 Å². The molecule has 3 atom stereocenters. The number of fused-ring (bicyclic) bond motifs is 7. The summed E-state index contributed by atoms with van der Waals surface area (Å²) in [6.45, 7) is 0. The molecule has 0 amide bonds. The van der Waals surface area contributed by atoms with E-state index in [2.05, 4.69) is 145 Å². The van der Waals surface area contributed by atoms with Gasteiger partial charge in [-0.1, -0.05) is 134 Å². The first-order valence-corrected chi connectivity index (χ1v) is 19.8. The van der Waals surface area contributed by atoms with Crippen LogP contribution >= 0.6 is 0 Å². The van der Waals surface area contributed by atoms with E-state index in [0.717, 1.165) is 44.6 Å². The first-order chi connectivity index (χ1) is 28.7. The average Bonchev–Trinajstić information content (AvgIpc) is 3.80. The first kappa shape index (κ1) is 32.5. The summed E-state index contributed by atoms with van der Waals surface area (Å²) in [4.78, 5) is 5.50. The number of rotatable bonds is 4. The largest absolute Gasteiger partial charge is 0.359 e. The number of nitrogens with one attached hydrogen (secondary N) is 1. The third-order valence-corrected chi connectivity index (χ3v) is 12.7. The van der Waals surface area contributed by atoms with E-state index in [-0.39, 0.29) is 17.9 Å². The monoisotopic (exact) mass is 736 g/mol. The Balaban J connectivity index is 1.15. The van der Waals surface area contributed by atoms with Crippen molar-refractivity contribution in [1.82, 2.24) is 5.32 Å². The summed E-state index contributed by atoms with van der Waals surface area (Å²) < 4.78 is 0. The number of benzene rings is 7. The lowest BCUT2D eigenvalue weighted by Gasteiger charge is -2.33.